The Morgan fingerprint density at radius 2 is 1.79 bits per heavy atom. The normalized spacial score (nSPS) is 13.9. The number of rotatable bonds is 5. The second-order valence-electron chi connectivity index (χ2n) is 7.05. The maximum absolute atomic E-state index is 12.4. The molecule has 7 nitrogen and oxygen atoms in total. The number of hydrogen-bond donors (Lipinski definition) is 1. The zero-order valence-corrected chi connectivity index (χ0v) is 17.0. The summed E-state index contributed by atoms with van der Waals surface area (Å²) >= 11 is 0. The average Bonchev–Trinajstić information content (AvgIpc) is 2.73. The maximum Gasteiger partial charge on any atom is 0.342 e. The number of aryl methyl sites for hydroxylation is 1. The quantitative estimate of drug-likeness (QED) is 0.780. The van der Waals surface area contributed by atoms with E-state index >= 15 is 0 Å². The lowest BCUT2D eigenvalue weighted by atomic mass is 10.1. The number of esters is 1. The highest BCUT2D eigenvalue weighted by Crippen LogP contribution is 2.25. The fraction of sp³-hybridized carbons (Fsp3) is 0.364. The molecule has 154 valence electrons. The van der Waals surface area contributed by atoms with Gasteiger partial charge >= 0.3 is 5.97 Å². The summed E-state index contributed by atoms with van der Waals surface area (Å²) in [5, 5.41) is 9.90. The van der Waals surface area contributed by atoms with Gasteiger partial charge in [-0.2, -0.15) is 0 Å². The predicted octanol–water partition coefficient (Wildman–Crippen LogP) is 2.52. The highest BCUT2D eigenvalue weighted by atomic mass is 16.5. The molecule has 0 saturated carbocycles. The molecular formula is C22H26N2O5. The van der Waals surface area contributed by atoms with E-state index in [1.165, 1.54) is 36.1 Å². The zero-order chi connectivity index (χ0) is 21.0. The van der Waals surface area contributed by atoms with Crippen LogP contribution >= 0.6 is 0 Å². The molecule has 0 bridgehead atoms. The Balaban J connectivity index is 1.52. The summed E-state index contributed by atoms with van der Waals surface area (Å²) in [7, 11) is 1.46. The van der Waals surface area contributed by atoms with Crippen LogP contribution in [-0.4, -0.2) is 61.8 Å². The maximum atomic E-state index is 12.4. The molecule has 1 heterocycles. The molecule has 0 radical (unpaired) electrons. The minimum absolute atomic E-state index is 0.00154. The topological polar surface area (TPSA) is 79.3 Å². The SMILES string of the molecule is COc1ccc(C(=O)OCC(=O)N2CCN(c3cccc(C)c3C)CC2)c(O)c1. The van der Waals surface area contributed by atoms with Gasteiger partial charge in [-0.3, -0.25) is 4.79 Å². The van der Waals surface area contributed by atoms with Crippen molar-refractivity contribution in [1.29, 1.82) is 0 Å². The molecular weight excluding hydrogens is 372 g/mol. The Kier molecular flexibility index (Phi) is 6.26. The number of carbonyl (C=O) groups is 2. The molecule has 1 aliphatic rings. The molecule has 0 spiro atoms. The second kappa shape index (κ2) is 8.86. The molecule has 29 heavy (non-hydrogen) atoms. The molecule has 2 aromatic rings. The van der Waals surface area contributed by atoms with Gasteiger partial charge in [0.15, 0.2) is 6.61 Å². The van der Waals surface area contributed by atoms with Gasteiger partial charge in [0.2, 0.25) is 0 Å². The van der Waals surface area contributed by atoms with E-state index in [9.17, 15) is 14.7 Å². The van der Waals surface area contributed by atoms with Gasteiger partial charge in [-0.25, -0.2) is 4.79 Å². The molecule has 0 unspecified atom stereocenters. The van der Waals surface area contributed by atoms with Crippen LogP contribution in [0.5, 0.6) is 11.5 Å². The largest absolute Gasteiger partial charge is 0.507 e. The first-order chi connectivity index (χ1) is 13.9. The third kappa shape index (κ3) is 4.62. The van der Waals surface area contributed by atoms with Crippen LogP contribution in [0.2, 0.25) is 0 Å². The first-order valence-corrected chi connectivity index (χ1v) is 9.53. The number of piperazine rings is 1. The van der Waals surface area contributed by atoms with Gasteiger partial charge in [0, 0.05) is 37.9 Å². The summed E-state index contributed by atoms with van der Waals surface area (Å²) in [6.45, 7) is 6.43. The van der Waals surface area contributed by atoms with Crippen LogP contribution in [0.4, 0.5) is 5.69 Å². The van der Waals surface area contributed by atoms with E-state index in [1.54, 1.807) is 11.0 Å². The van der Waals surface area contributed by atoms with Crippen molar-refractivity contribution in [2.45, 2.75) is 13.8 Å². The van der Waals surface area contributed by atoms with Crippen LogP contribution in [0.15, 0.2) is 36.4 Å². The van der Waals surface area contributed by atoms with E-state index in [4.69, 9.17) is 9.47 Å². The van der Waals surface area contributed by atoms with E-state index < -0.39 is 5.97 Å². The minimum Gasteiger partial charge on any atom is -0.507 e. The second-order valence-corrected chi connectivity index (χ2v) is 7.05. The molecule has 0 atom stereocenters. The lowest BCUT2D eigenvalue weighted by Gasteiger charge is -2.37. The highest BCUT2D eigenvalue weighted by Gasteiger charge is 2.24. The van der Waals surface area contributed by atoms with Gasteiger partial charge < -0.3 is 24.4 Å². The van der Waals surface area contributed by atoms with Gasteiger partial charge in [0.25, 0.3) is 5.91 Å². The summed E-state index contributed by atoms with van der Waals surface area (Å²) in [6.07, 6.45) is 0. The van der Waals surface area contributed by atoms with Crippen LogP contribution < -0.4 is 9.64 Å². The Bertz CT molecular complexity index is 904. The fourth-order valence-corrected chi connectivity index (χ4v) is 3.38. The van der Waals surface area contributed by atoms with Gasteiger partial charge in [-0.1, -0.05) is 12.1 Å². The number of hydrogen-bond acceptors (Lipinski definition) is 6. The van der Waals surface area contributed by atoms with Crippen molar-refractivity contribution in [3.63, 3.8) is 0 Å². The number of ether oxygens (including phenoxy) is 2. The Morgan fingerprint density at radius 3 is 2.45 bits per heavy atom. The summed E-state index contributed by atoms with van der Waals surface area (Å²) in [5.41, 5.74) is 3.69. The van der Waals surface area contributed by atoms with E-state index in [-0.39, 0.29) is 23.8 Å². The van der Waals surface area contributed by atoms with Crippen molar-refractivity contribution in [2.75, 3.05) is 44.8 Å². The van der Waals surface area contributed by atoms with Gasteiger partial charge in [0.1, 0.15) is 17.1 Å². The van der Waals surface area contributed by atoms with Gasteiger partial charge in [-0.15, -0.1) is 0 Å². The van der Waals surface area contributed by atoms with E-state index in [2.05, 4.69) is 30.9 Å². The molecule has 1 amide bonds. The van der Waals surface area contributed by atoms with Crippen molar-refractivity contribution >= 4 is 17.6 Å². The zero-order valence-electron chi connectivity index (χ0n) is 17.0. The molecule has 0 aromatic heterocycles. The molecule has 3 rings (SSSR count). The van der Waals surface area contributed by atoms with Crippen molar-refractivity contribution in [3.05, 3.63) is 53.1 Å². The van der Waals surface area contributed by atoms with Gasteiger partial charge in [-0.05, 0) is 43.2 Å². The fourth-order valence-electron chi connectivity index (χ4n) is 3.38. The number of methoxy groups -OCH3 is 1. The monoisotopic (exact) mass is 398 g/mol. The van der Waals surface area contributed by atoms with Crippen LogP contribution in [0.1, 0.15) is 21.5 Å². The Hall–Kier alpha value is -3.22. The first kappa shape index (κ1) is 20.5. The highest BCUT2D eigenvalue weighted by molar-refractivity contribution is 5.94. The number of phenolic OH excluding ortho intramolecular Hbond substituents is 1. The summed E-state index contributed by atoms with van der Waals surface area (Å²) < 4.78 is 10.1. The standard InChI is InChI=1S/C22H26N2O5/c1-15-5-4-6-19(16(15)2)23-9-11-24(12-10-23)21(26)14-29-22(27)18-8-7-17(28-3)13-20(18)25/h4-8,13,25H,9-12,14H2,1-3H3. The van der Waals surface area contributed by atoms with E-state index in [0.29, 0.717) is 18.8 Å². The molecule has 1 aliphatic heterocycles. The van der Waals surface area contributed by atoms with Crippen LogP contribution in [0, 0.1) is 13.8 Å². The number of benzene rings is 2. The van der Waals surface area contributed by atoms with Crippen LogP contribution in [0.25, 0.3) is 0 Å². The number of phenols is 1. The summed E-state index contributed by atoms with van der Waals surface area (Å²) in [6, 6.07) is 10.5. The van der Waals surface area contributed by atoms with Crippen molar-refractivity contribution in [2.24, 2.45) is 0 Å². The number of aromatic hydroxyl groups is 1. The molecule has 1 saturated heterocycles. The van der Waals surface area contributed by atoms with Crippen molar-refractivity contribution < 1.29 is 24.2 Å². The smallest absolute Gasteiger partial charge is 0.342 e. The van der Waals surface area contributed by atoms with Crippen molar-refractivity contribution in [1.82, 2.24) is 4.90 Å². The summed E-state index contributed by atoms with van der Waals surface area (Å²) in [4.78, 5) is 28.6. The molecule has 1 fully saturated rings. The van der Waals surface area contributed by atoms with E-state index in [0.717, 1.165) is 13.1 Å². The molecule has 1 N–H and O–H groups in total. The Labute approximate surface area is 170 Å². The lowest BCUT2D eigenvalue weighted by Crippen LogP contribution is -2.50. The van der Waals surface area contributed by atoms with Crippen LogP contribution in [-0.2, 0) is 9.53 Å². The molecule has 0 aliphatic carbocycles. The first-order valence-electron chi connectivity index (χ1n) is 9.53. The average molecular weight is 398 g/mol. The van der Waals surface area contributed by atoms with E-state index in [1.807, 2.05) is 6.07 Å². The number of carbonyl (C=O) groups excluding carboxylic acids is 2. The lowest BCUT2D eigenvalue weighted by molar-refractivity contribution is -0.134. The van der Waals surface area contributed by atoms with Gasteiger partial charge in [0.05, 0.1) is 7.11 Å². The number of anilines is 1. The number of amides is 1. The summed E-state index contributed by atoms with van der Waals surface area (Å²) in [5.74, 6) is -0.805. The third-order valence-electron chi connectivity index (χ3n) is 5.30. The third-order valence-corrected chi connectivity index (χ3v) is 5.30. The number of nitrogens with zero attached hydrogens (tertiary/aromatic N) is 2. The minimum atomic E-state index is -0.743. The van der Waals surface area contributed by atoms with Crippen molar-refractivity contribution in [3.8, 4) is 11.5 Å². The Morgan fingerprint density at radius 1 is 1.07 bits per heavy atom. The van der Waals surface area contributed by atoms with Crippen LogP contribution in [0.3, 0.4) is 0 Å². The predicted molar refractivity (Wildman–Crippen MR) is 110 cm³/mol. The molecule has 2 aromatic carbocycles. The molecule has 7 heteroatoms.